The standard InChI is InChI=1S/C21H24ClN3O4S/c22-18-9-4-5-10-19(18)30(28,29)25-15-13-24(14-16-25)20(26)11-6-12-23-21(27)17-7-2-1-3-8-17/h1-5,7-10H,6,11-16H2,(H,23,27). The van der Waals surface area contributed by atoms with Gasteiger partial charge in [-0.05, 0) is 30.7 Å². The Bertz CT molecular complexity index is 990. The van der Waals surface area contributed by atoms with E-state index in [2.05, 4.69) is 5.32 Å². The van der Waals surface area contributed by atoms with Crippen LogP contribution in [0.1, 0.15) is 23.2 Å². The zero-order chi connectivity index (χ0) is 21.6. The first-order valence-electron chi connectivity index (χ1n) is 9.75. The Balaban J connectivity index is 1.43. The fourth-order valence-electron chi connectivity index (χ4n) is 3.26. The number of carbonyl (C=O) groups is 2. The van der Waals surface area contributed by atoms with Crippen LogP contribution in [0.25, 0.3) is 0 Å². The van der Waals surface area contributed by atoms with Gasteiger partial charge in [-0.2, -0.15) is 4.31 Å². The van der Waals surface area contributed by atoms with E-state index in [0.717, 1.165) is 0 Å². The second-order valence-electron chi connectivity index (χ2n) is 6.94. The van der Waals surface area contributed by atoms with Gasteiger partial charge in [-0.1, -0.05) is 41.9 Å². The molecule has 1 heterocycles. The highest BCUT2D eigenvalue weighted by molar-refractivity contribution is 7.89. The molecule has 2 amide bonds. The lowest BCUT2D eigenvalue weighted by Crippen LogP contribution is -2.50. The Morgan fingerprint density at radius 2 is 1.57 bits per heavy atom. The maximum atomic E-state index is 12.8. The van der Waals surface area contributed by atoms with Crippen molar-refractivity contribution in [2.24, 2.45) is 0 Å². The molecular formula is C21H24ClN3O4S. The molecule has 2 aromatic rings. The number of nitrogens with one attached hydrogen (secondary N) is 1. The van der Waals surface area contributed by atoms with E-state index >= 15 is 0 Å². The monoisotopic (exact) mass is 449 g/mol. The molecule has 0 radical (unpaired) electrons. The van der Waals surface area contributed by atoms with Crippen LogP contribution in [-0.2, 0) is 14.8 Å². The molecule has 0 aliphatic carbocycles. The highest BCUT2D eigenvalue weighted by Crippen LogP contribution is 2.25. The second-order valence-corrected chi connectivity index (χ2v) is 9.25. The van der Waals surface area contributed by atoms with Gasteiger partial charge >= 0.3 is 0 Å². The Morgan fingerprint density at radius 1 is 0.933 bits per heavy atom. The van der Waals surface area contributed by atoms with E-state index in [1.165, 1.54) is 10.4 Å². The fourth-order valence-corrected chi connectivity index (χ4v) is 5.18. The summed E-state index contributed by atoms with van der Waals surface area (Å²) >= 11 is 6.04. The number of amides is 2. The fraction of sp³-hybridized carbons (Fsp3) is 0.333. The van der Waals surface area contributed by atoms with E-state index < -0.39 is 10.0 Å². The summed E-state index contributed by atoms with van der Waals surface area (Å²) in [7, 11) is -3.68. The van der Waals surface area contributed by atoms with Gasteiger partial charge in [0.05, 0.1) is 5.02 Å². The van der Waals surface area contributed by atoms with Crippen LogP contribution >= 0.6 is 11.6 Å². The number of rotatable bonds is 7. The first-order valence-corrected chi connectivity index (χ1v) is 11.6. The van der Waals surface area contributed by atoms with Crippen molar-refractivity contribution in [1.29, 1.82) is 0 Å². The van der Waals surface area contributed by atoms with Crippen LogP contribution in [0.4, 0.5) is 0 Å². The van der Waals surface area contributed by atoms with E-state index in [-0.39, 0.29) is 34.8 Å². The van der Waals surface area contributed by atoms with Crippen molar-refractivity contribution in [3.05, 3.63) is 65.2 Å². The first-order chi connectivity index (χ1) is 14.4. The SMILES string of the molecule is O=C(NCCCC(=O)N1CCN(S(=O)(=O)c2ccccc2Cl)CC1)c1ccccc1. The van der Waals surface area contributed by atoms with Gasteiger partial charge in [0.2, 0.25) is 15.9 Å². The van der Waals surface area contributed by atoms with Crippen LogP contribution in [0.3, 0.4) is 0 Å². The van der Waals surface area contributed by atoms with Crippen LogP contribution in [0, 0.1) is 0 Å². The van der Waals surface area contributed by atoms with Crippen molar-refractivity contribution in [2.45, 2.75) is 17.7 Å². The molecule has 1 saturated heterocycles. The quantitative estimate of drug-likeness (QED) is 0.657. The molecule has 9 heteroatoms. The number of hydrogen-bond acceptors (Lipinski definition) is 4. The van der Waals surface area contributed by atoms with Crippen molar-refractivity contribution in [3.8, 4) is 0 Å². The number of hydrogen-bond donors (Lipinski definition) is 1. The topological polar surface area (TPSA) is 86.8 Å². The molecule has 3 rings (SSSR count). The van der Waals surface area contributed by atoms with Gasteiger partial charge in [0.25, 0.3) is 5.91 Å². The molecule has 0 spiro atoms. The number of piperazine rings is 1. The molecule has 1 fully saturated rings. The van der Waals surface area contributed by atoms with E-state index in [9.17, 15) is 18.0 Å². The van der Waals surface area contributed by atoms with Crippen molar-refractivity contribution in [3.63, 3.8) is 0 Å². The van der Waals surface area contributed by atoms with E-state index in [1.54, 1.807) is 47.4 Å². The van der Waals surface area contributed by atoms with Gasteiger partial charge in [-0.3, -0.25) is 9.59 Å². The Kier molecular flexibility index (Phi) is 7.47. The van der Waals surface area contributed by atoms with Crippen molar-refractivity contribution in [1.82, 2.24) is 14.5 Å². The zero-order valence-corrected chi connectivity index (χ0v) is 18.0. The molecule has 0 atom stereocenters. The summed E-state index contributed by atoms with van der Waals surface area (Å²) in [5.41, 5.74) is 0.583. The molecule has 1 aliphatic heterocycles. The van der Waals surface area contributed by atoms with Gasteiger partial charge in [0, 0.05) is 44.7 Å². The maximum Gasteiger partial charge on any atom is 0.251 e. The van der Waals surface area contributed by atoms with E-state index in [0.29, 0.717) is 38.0 Å². The van der Waals surface area contributed by atoms with Gasteiger partial charge < -0.3 is 10.2 Å². The molecule has 0 unspecified atom stereocenters. The first kappa shape index (κ1) is 22.3. The molecule has 0 aromatic heterocycles. The number of nitrogens with zero attached hydrogens (tertiary/aromatic N) is 2. The molecule has 1 aliphatic rings. The predicted molar refractivity (Wildman–Crippen MR) is 115 cm³/mol. The third-order valence-corrected chi connectivity index (χ3v) is 7.33. The lowest BCUT2D eigenvalue weighted by molar-refractivity contribution is -0.132. The van der Waals surface area contributed by atoms with E-state index in [1.807, 2.05) is 6.07 Å². The number of halogens is 1. The van der Waals surface area contributed by atoms with E-state index in [4.69, 9.17) is 11.6 Å². The van der Waals surface area contributed by atoms with Crippen LogP contribution in [0.5, 0.6) is 0 Å². The molecular weight excluding hydrogens is 426 g/mol. The Morgan fingerprint density at radius 3 is 2.23 bits per heavy atom. The minimum atomic E-state index is -3.68. The highest BCUT2D eigenvalue weighted by atomic mass is 35.5. The average Bonchev–Trinajstić information content (AvgIpc) is 2.77. The number of carbonyl (C=O) groups excluding carboxylic acids is 2. The summed E-state index contributed by atoms with van der Waals surface area (Å²) in [5, 5.41) is 2.99. The summed E-state index contributed by atoms with van der Waals surface area (Å²) in [4.78, 5) is 26.1. The summed E-state index contributed by atoms with van der Waals surface area (Å²) in [5.74, 6) is -0.208. The Labute approximate surface area is 181 Å². The third kappa shape index (κ3) is 5.38. The van der Waals surface area contributed by atoms with Gasteiger partial charge in [0.15, 0.2) is 0 Å². The largest absolute Gasteiger partial charge is 0.352 e. The lowest BCUT2D eigenvalue weighted by Gasteiger charge is -2.34. The average molecular weight is 450 g/mol. The maximum absolute atomic E-state index is 12.8. The van der Waals surface area contributed by atoms with Crippen LogP contribution in [-0.4, -0.2) is 62.2 Å². The number of sulfonamides is 1. The summed E-state index contributed by atoms with van der Waals surface area (Å²) < 4.78 is 26.9. The molecule has 0 saturated carbocycles. The second kappa shape index (κ2) is 10.1. The van der Waals surface area contributed by atoms with Gasteiger partial charge in [-0.25, -0.2) is 8.42 Å². The van der Waals surface area contributed by atoms with Crippen molar-refractivity contribution in [2.75, 3.05) is 32.7 Å². The summed E-state index contributed by atoms with van der Waals surface area (Å²) in [6.45, 7) is 1.52. The van der Waals surface area contributed by atoms with Gasteiger partial charge in [0.1, 0.15) is 4.90 Å². The van der Waals surface area contributed by atoms with Crippen molar-refractivity contribution >= 4 is 33.4 Å². The van der Waals surface area contributed by atoms with Crippen molar-refractivity contribution < 1.29 is 18.0 Å². The molecule has 1 N–H and O–H groups in total. The summed E-state index contributed by atoms with van der Waals surface area (Å²) in [6, 6.07) is 15.2. The third-order valence-electron chi connectivity index (χ3n) is 4.93. The lowest BCUT2D eigenvalue weighted by atomic mass is 10.2. The smallest absolute Gasteiger partial charge is 0.251 e. The molecule has 7 nitrogen and oxygen atoms in total. The highest BCUT2D eigenvalue weighted by Gasteiger charge is 2.31. The minimum Gasteiger partial charge on any atom is -0.352 e. The summed E-state index contributed by atoms with van der Waals surface area (Å²) in [6.07, 6.45) is 0.821. The molecule has 30 heavy (non-hydrogen) atoms. The normalized spacial score (nSPS) is 15.0. The molecule has 160 valence electrons. The van der Waals surface area contributed by atoms with Crippen LogP contribution in [0.15, 0.2) is 59.5 Å². The Hall–Kier alpha value is -2.42. The molecule has 0 bridgehead atoms. The number of benzene rings is 2. The minimum absolute atomic E-state index is 0.0428. The van der Waals surface area contributed by atoms with Crippen LogP contribution in [0.2, 0.25) is 5.02 Å². The van der Waals surface area contributed by atoms with Gasteiger partial charge in [-0.15, -0.1) is 0 Å². The molecule has 2 aromatic carbocycles. The van der Waals surface area contributed by atoms with Crippen LogP contribution < -0.4 is 5.32 Å². The predicted octanol–water partition coefficient (Wildman–Crippen LogP) is 2.38. The zero-order valence-electron chi connectivity index (χ0n) is 16.5.